The van der Waals surface area contributed by atoms with Gasteiger partial charge in [-0.3, -0.25) is 0 Å². The van der Waals surface area contributed by atoms with E-state index in [9.17, 15) is 0 Å². The van der Waals surface area contributed by atoms with Crippen LogP contribution >= 0.6 is 0 Å². The molecule has 0 aromatic carbocycles. The van der Waals surface area contributed by atoms with Gasteiger partial charge >= 0.3 is 0 Å². The summed E-state index contributed by atoms with van der Waals surface area (Å²) in [5.41, 5.74) is 1.67. The molecule has 0 saturated carbocycles. The first-order valence-electron chi connectivity index (χ1n) is 7.97. The van der Waals surface area contributed by atoms with Crippen molar-refractivity contribution in [1.82, 2.24) is 15.0 Å². The highest BCUT2D eigenvalue weighted by Crippen LogP contribution is 2.21. The van der Waals surface area contributed by atoms with Gasteiger partial charge in [-0.25, -0.2) is 15.0 Å². The summed E-state index contributed by atoms with van der Waals surface area (Å²) < 4.78 is 0. The number of nitrogens with one attached hydrogen (secondary N) is 1. The van der Waals surface area contributed by atoms with Crippen LogP contribution in [-0.2, 0) is 6.42 Å². The fourth-order valence-corrected chi connectivity index (χ4v) is 2.81. The Balaban J connectivity index is 1.61. The summed E-state index contributed by atoms with van der Waals surface area (Å²) >= 11 is 0. The van der Waals surface area contributed by atoms with Crippen molar-refractivity contribution in [2.75, 3.05) is 23.3 Å². The van der Waals surface area contributed by atoms with Gasteiger partial charge in [0.2, 0.25) is 0 Å². The summed E-state index contributed by atoms with van der Waals surface area (Å²) in [5.74, 6) is 1.69. The Hall–Kier alpha value is -2.68. The van der Waals surface area contributed by atoms with E-state index in [0.29, 0.717) is 17.4 Å². The minimum Gasteiger partial charge on any atom is -0.366 e. The highest BCUT2D eigenvalue weighted by molar-refractivity contribution is 5.52. The van der Waals surface area contributed by atoms with E-state index in [0.717, 1.165) is 43.9 Å². The van der Waals surface area contributed by atoms with E-state index >= 15 is 0 Å². The predicted molar refractivity (Wildman–Crippen MR) is 89.2 cm³/mol. The molecule has 3 heterocycles. The Kier molecular flexibility index (Phi) is 4.67. The Morgan fingerprint density at radius 3 is 2.87 bits per heavy atom. The molecule has 1 saturated heterocycles. The molecule has 1 aliphatic rings. The van der Waals surface area contributed by atoms with Crippen molar-refractivity contribution < 1.29 is 0 Å². The van der Waals surface area contributed by atoms with Gasteiger partial charge in [0.05, 0.1) is 5.56 Å². The Bertz CT molecular complexity index is 700. The SMILES string of the molecule is CCc1cc(N2CCC(Nc3ncccc3C#N)CC2)ncn1. The van der Waals surface area contributed by atoms with Crippen LogP contribution in [0.1, 0.15) is 31.0 Å². The lowest BCUT2D eigenvalue weighted by Crippen LogP contribution is -2.39. The van der Waals surface area contributed by atoms with E-state index in [4.69, 9.17) is 5.26 Å². The number of hydrogen-bond donors (Lipinski definition) is 1. The first-order valence-corrected chi connectivity index (χ1v) is 7.97. The molecule has 3 rings (SSSR count). The zero-order chi connectivity index (χ0) is 16.1. The molecule has 1 fully saturated rings. The van der Waals surface area contributed by atoms with Gasteiger partial charge in [0.25, 0.3) is 0 Å². The lowest BCUT2D eigenvalue weighted by atomic mass is 10.0. The third-order valence-corrected chi connectivity index (χ3v) is 4.16. The number of aromatic nitrogens is 3. The number of anilines is 2. The van der Waals surface area contributed by atoms with Crippen LogP contribution in [0.2, 0.25) is 0 Å². The van der Waals surface area contributed by atoms with Crippen LogP contribution in [0.3, 0.4) is 0 Å². The van der Waals surface area contributed by atoms with Crippen LogP contribution in [0.5, 0.6) is 0 Å². The molecule has 0 amide bonds. The van der Waals surface area contributed by atoms with Crippen molar-refractivity contribution in [3.05, 3.63) is 42.0 Å². The van der Waals surface area contributed by atoms with Crippen LogP contribution in [0, 0.1) is 11.3 Å². The number of hydrogen-bond acceptors (Lipinski definition) is 6. The van der Waals surface area contributed by atoms with E-state index in [2.05, 4.69) is 44.2 Å². The molecule has 1 N–H and O–H groups in total. The third kappa shape index (κ3) is 3.57. The average molecular weight is 308 g/mol. The topological polar surface area (TPSA) is 77.7 Å². The number of rotatable bonds is 4. The molecular formula is C17H20N6. The largest absolute Gasteiger partial charge is 0.366 e. The van der Waals surface area contributed by atoms with Crippen molar-refractivity contribution in [3.63, 3.8) is 0 Å². The molecule has 0 radical (unpaired) electrons. The smallest absolute Gasteiger partial charge is 0.144 e. The Morgan fingerprint density at radius 1 is 1.30 bits per heavy atom. The summed E-state index contributed by atoms with van der Waals surface area (Å²) in [5, 5.41) is 12.5. The molecule has 0 aliphatic carbocycles. The van der Waals surface area contributed by atoms with Gasteiger partial charge in [-0.15, -0.1) is 0 Å². The molecule has 23 heavy (non-hydrogen) atoms. The number of nitriles is 1. The minimum atomic E-state index is 0.334. The van der Waals surface area contributed by atoms with Crippen molar-refractivity contribution in [2.24, 2.45) is 0 Å². The summed E-state index contributed by atoms with van der Waals surface area (Å²) in [7, 11) is 0. The first-order chi connectivity index (χ1) is 11.3. The molecular weight excluding hydrogens is 288 g/mol. The van der Waals surface area contributed by atoms with Crippen molar-refractivity contribution in [1.29, 1.82) is 5.26 Å². The molecule has 2 aromatic rings. The second-order valence-electron chi connectivity index (χ2n) is 5.64. The van der Waals surface area contributed by atoms with Gasteiger partial charge < -0.3 is 10.2 Å². The van der Waals surface area contributed by atoms with Crippen molar-refractivity contribution >= 4 is 11.6 Å². The lowest BCUT2D eigenvalue weighted by Gasteiger charge is -2.33. The average Bonchev–Trinajstić information content (AvgIpc) is 2.63. The minimum absolute atomic E-state index is 0.334. The summed E-state index contributed by atoms with van der Waals surface area (Å²) in [4.78, 5) is 15.2. The van der Waals surface area contributed by atoms with E-state index in [1.807, 2.05) is 0 Å². The van der Waals surface area contributed by atoms with Crippen molar-refractivity contribution in [2.45, 2.75) is 32.2 Å². The van der Waals surface area contributed by atoms with Crippen LogP contribution in [-0.4, -0.2) is 34.1 Å². The maximum Gasteiger partial charge on any atom is 0.144 e. The number of nitrogens with zero attached hydrogens (tertiary/aromatic N) is 5. The normalized spacial score (nSPS) is 15.2. The maximum atomic E-state index is 9.14. The summed E-state index contributed by atoms with van der Waals surface area (Å²) in [6.07, 6.45) is 6.26. The Morgan fingerprint density at radius 2 is 2.13 bits per heavy atom. The predicted octanol–water partition coefficient (Wildman–Crippen LogP) is 2.39. The van der Waals surface area contributed by atoms with E-state index in [-0.39, 0.29) is 0 Å². The Labute approximate surface area is 136 Å². The van der Waals surface area contributed by atoms with Crippen LogP contribution in [0.15, 0.2) is 30.7 Å². The molecule has 0 spiro atoms. The molecule has 118 valence electrons. The second-order valence-corrected chi connectivity index (χ2v) is 5.64. The third-order valence-electron chi connectivity index (χ3n) is 4.16. The highest BCUT2D eigenvalue weighted by atomic mass is 15.2. The van der Waals surface area contributed by atoms with Crippen LogP contribution < -0.4 is 10.2 Å². The van der Waals surface area contributed by atoms with Gasteiger partial charge in [-0.05, 0) is 31.4 Å². The fourth-order valence-electron chi connectivity index (χ4n) is 2.81. The van der Waals surface area contributed by atoms with Crippen LogP contribution in [0.4, 0.5) is 11.6 Å². The molecule has 1 aliphatic heterocycles. The van der Waals surface area contributed by atoms with Gasteiger partial charge in [0.15, 0.2) is 0 Å². The van der Waals surface area contributed by atoms with E-state index in [1.165, 1.54) is 0 Å². The van der Waals surface area contributed by atoms with Gasteiger partial charge in [0, 0.05) is 37.1 Å². The van der Waals surface area contributed by atoms with Gasteiger partial charge in [0.1, 0.15) is 24.0 Å². The van der Waals surface area contributed by atoms with Gasteiger partial charge in [-0.1, -0.05) is 6.92 Å². The zero-order valence-electron chi connectivity index (χ0n) is 13.2. The maximum absolute atomic E-state index is 9.14. The quantitative estimate of drug-likeness (QED) is 0.934. The molecule has 2 aromatic heterocycles. The van der Waals surface area contributed by atoms with E-state index in [1.54, 1.807) is 24.7 Å². The summed E-state index contributed by atoms with van der Waals surface area (Å²) in [6.45, 7) is 3.97. The number of piperidine rings is 1. The molecule has 6 heteroatoms. The standard InChI is InChI=1S/C17H20N6/c1-2-14-10-16(21-12-20-14)23-8-5-15(6-9-23)22-17-13(11-18)4-3-7-19-17/h3-4,7,10,12,15H,2,5-6,8-9H2,1H3,(H,19,22). The highest BCUT2D eigenvalue weighted by Gasteiger charge is 2.21. The van der Waals surface area contributed by atoms with E-state index < -0.39 is 0 Å². The summed E-state index contributed by atoms with van der Waals surface area (Å²) in [6, 6.07) is 8.16. The molecule has 0 unspecified atom stereocenters. The monoisotopic (exact) mass is 308 g/mol. The van der Waals surface area contributed by atoms with Crippen molar-refractivity contribution in [3.8, 4) is 6.07 Å². The fraction of sp³-hybridized carbons (Fsp3) is 0.412. The van der Waals surface area contributed by atoms with Gasteiger partial charge in [-0.2, -0.15) is 5.26 Å². The first kappa shape index (κ1) is 15.2. The lowest BCUT2D eigenvalue weighted by molar-refractivity contribution is 0.522. The molecule has 0 bridgehead atoms. The molecule has 0 atom stereocenters. The zero-order valence-corrected chi connectivity index (χ0v) is 13.2. The van der Waals surface area contributed by atoms with Crippen LogP contribution in [0.25, 0.3) is 0 Å². The molecule has 6 nitrogen and oxygen atoms in total. The number of pyridine rings is 1. The second kappa shape index (κ2) is 7.05. The number of aryl methyl sites for hydroxylation is 1.